The smallest absolute Gasteiger partial charge is 0.410 e. The van der Waals surface area contributed by atoms with Gasteiger partial charge >= 0.3 is 18.1 Å². The molecule has 0 saturated carbocycles. The zero-order valence-corrected chi connectivity index (χ0v) is 24.7. The molecule has 12 nitrogen and oxygen atoms in total. The number of fused-ring (bicyclic) bond motifs is 1. The van der Waals surface area contributed by atoms with Crippen LogP contribution in [0.4, 0.5) is 15.3 Å². The van der Waals surface area contributed by atoms with Gasteiger partial charge < -0.3 is 34.0 Å². The van der Waals surface area contributed by atoms with Gasteiger partial charge in [0.25, 0.3) is 5.91 Å². The number of hydrogen-bond donors (Lipinski definition) is 1. The van der Waals surface area contributed by atoms with E-state index in [1.54, 1.807) is 56.0 Å². The van der Waals surface area contributed by atoms with Gasteiger partial charge in [-0.05, 0) is 75.7 Å². The third-order valence-corrected chi connectivity index (χ3v) is 7.67. The molecule has 1 N–H and O–H groups in total. The molecule has 3 aliphatic heterocycles. The highest BCUT2D eigenvalue weighted by Crippen LogP contribution is 2.30. The van der Waals surface area contributed by atoms with Gasteiger partial charge in [0.1, 0.15) is 17.1 Å². The first kappa shape index (κ1) is 30.1. The van der Waals surface area contributed by atoms with Crippen LogP contribution in [0.15, 0.2) is 48.5 Å². The van der Waals surface area contributed by atoms with E-state index in [1.165, 1.54) is 0 Å². The number of morpholine rings is 1. The van der Waals surface area contributed by atoms with Gasteiger partial charge in [0, 0.05) is 50.4 Å². The van der Waals surface area contributed by atoms with Crippen LogP contribution in [0.2, 0.25) is 0 Å². The molecule has 0 bridgehead atoms. The summed E-state index contributed by atoms with van der Waals surface area (Å²) in [6.07, 6.45) is -0.0521. The average molecular weight is 595 g/mol. The third kappa shape index (κ3) is 7.19. The van der Waals surface area contributed by atoms with E-state index in [0.717, 1.165) is 5.69 Å². The predicted molar refractivity (Wildman–Crippen MR) is 157 cm³/mol. The van der Waals surface area contributed by atoms with Crippen molar-refractivity contribution < 1.29 is 38.5 Å². The summed E-state index contributed by atoms with van der Waals surface area (Å²) in [5, 5.41) is 9.02. The van der Waals surface area contributed by atoms with Crippen molar-refractivity contribution in [3.8, 4) is 11.5 Å². The van der Waals surface area contributed by atoms with E-state index in [1.807, 2.05) is 32.9 Å². The Bertz CT molecular complexity index is 1340. The lowest BCUT2D eigenvalue weighted by molar-refractivity contribution is -0.137. The van der Waals surface area contributed by atoms with Gasteiger partial charge in [-0.2, -0.15) is 0 Å². The molecule has 2 aromatic rings. The Morgan fingerprint density at radius 2 is 1.63 bits per heavy atom. The highest BCUT2D eigenvalue weighted by molar-refractivity contribution is 5.95. The first-order chi connectivity index (χ1) is 20.5. The van der Waals surface area contributed by atoms with Crippen LogP contribution in [0.1, 0.15) is 44.0 Å². The number of nitrogens with zero attached hydrogens (tertiary/aromatic N) is 4. The monoisotopic (exact) mass is 594 g/mol. The number of carbonyl (C=O) groups excluding carboxylic acids is 3. The number of carbonyl (C=O) groups is 4. The van der Waals surface area contributed by atoms with Crippen LogP contribution < -0.4 is 9.64 Å². The molecule has 2 unspecified atom stereocenters. The molecule has 5 rings (SSSR count). The molecule has 3 saturated heterocycles. The second kappa shape index (κ2) is 12.5. The molecule has 3 aliphatic rings. The fourth-order valence-corrected chi connectivity index (χ4v) is 5.53. The number of carboxylic acids is 1. The van der Waals surface area contributed by atoms with E-state index in [2.05, 4.69) is 0 Å². The molecule has 0 aromatic heterocycles. The largest absolute Gasteiger partial charge is 0.481 e. The quantitative estimate of drug-likeness (QED) is 0.509. The molecular formula is C31H38N4O8. The maximum atomic E-state index is 13.1. The summed E-state index contributed by atoms with van der Waals surface area (Å²) in [4.78, 5) is 56.7. The van der Waals surface area contributed by atoms with Gasteiger partial charge in [-0.25, -0.2) is 9.59 Å². The number of benzene rings is 2. The minimum Gasteiger partial charge on any atom is -0.481 e. The number of hydrogen-bond acceptors (Lipinski definition) is 7. The van der Waals surface area contributed by atoms with Gasteiger partial charge in [-0.1, -0.05) is 0 Å². The Labute approximate surface area is 250 Å². The Morgan fingerprint density at radius 1 is 0.953 bits per heavy atom. The molecule has 12 heteroatoms. The van der Waals surface area contributed by atoms with Crippen LogP contribution in [-0.2, 0) is 14.3 Å². The van der Waals surface area contributed by atoms with Crippen molar-refractivity contribution in [3.05, 3.63) is 54.1 Å². The Hall–Kier alpha value is -4.32. The van der Waals surface area contributed by atoms with Gasteiger partial charge in [-0.15, -0.1) is 0 Å². The van der Waals surface area contributed by atoms with E-state index in [9.17, 15) is 19.2 Å². The summed E-state index contributed by atoms with van der Waals surface area (Å²) in [6, 6.07) is 13.5. The lowest BCUT2D eigenvalue weighted by Crippen LogP contribution is -2.54. The zero-order valence-electron chi connectivity index (χ0n) is 24.7. The molecule has 2 aromatic carbocycles. The minimum atomic E-state index is -0.901. The maximum absolute atomic E-state index is 13.1. The standard InChI is InChI=1S/C31H38N4O8/c1-31(2,3)43-30(40)32-14-15-34-24(18-32)19-35(29(34)39)22-6-11-26(12-7-22)42-25-9-4-21(5-10-25)28(38)33-16-17-41-20-23(33)8-13-27(36)37/h4-7,9-12,23-24H,8,13-20H2,1-3H3,(H,36,37). The van der Waals surface area contributed by atoms with E-state index in [-0.39, 0.29) is 36.5 Å². The fraction of sp³-hybridized carbons (Fsp3) is 0.484. The van der Waals surface area contributed by atoms with Gasteiger partial charge in [0.2, 0.25) is 0 Å². The maximum Gasteiger partial charge on any atom is 0.410 e. The number of ether oxygens (including phenoxy) is 3. The summed E-state index contributed by atoms with van der Waals surface area (Å²) in [6.45, 7) is 8.42. The number of aliphatic carboxylic acids is 1. The topological polar surface area (TPSA) is 129 Å². The minimum absolute atomic E-state index is 0.0269. The normalized spacial score (nSPS) is 20.6. The van der Waals surface area contributed by atoms with Crippen LogP contribution in [-0.4, -0.2) is 107 Å². The van der Waals surface area contributed by atoms with E-state index in [4.69, 9.17) is 19.3 Å². The van der Waals surface area contributed by atoms with Gasteiger partial charge in [0.05, 0.1) is 25.3 Å². The molecule has 4 amide bonds. The Morgan fingerprint density at radius 3 is 2.28 bits per heavy atom. The predicted octanol–water partition coefficient (Wildman–Crippen LogP) is 4.05. The average Bonchev–Trinajstić information content (AvgIpc) is 3.31. The van der Waals surface area contributed by atoms with Gasteiger partial charge in [0.15, 0.2) is 0 Å². The second-order valence-corrected chi connectivity index (χ2v) is 11.9. The first-order valence-corrected chi connectivity index (χ1v) is 14.5. The summed E-state index contributed by atoms with van der Waals surface area (Å²) in [5.41, 5.74) is 0.644. The van der Waals surface area contributed by atoms with E-state index >= 15 is 0 Å². The third-order valence-electron chi connectivity index (χ3n) is 7.67. The van der Waals surface area contributed by atoms with Gasteiger partial charge in [-0.3, -0.25) is 14.5 Å². The molecule has 2 atom stereocenters. The van der Waals surface area contributed by atoms with E-state index < -0.39 is 11.6 Å². The van der Waals surface area contributed by atoms with Crippen molar-refractivity contribution in [2.75, 3.05) is 50.8 Å². The molecule has 43 heavy (non-hydrogen) atoms. The van der Waals surface area contributed by atoms with Crippen molar-refractivity contribution in [1.29, 1.82) is 0 Å². The molecule has 3 fully saturated rings. The number of amides is 4. The number of urea groups is 1. The van der Waals surface area contributed by atoms with Crippen molar-refractivity contribution in [2.45, 2.75) is 51.3 Å². The zero-order chi connectivity index (χ0) is 30.7. The first-order valence-electron chi connectivity index (χ1n) is 14.5. The highest BCUT2D eigenvalue weighted by Gasteiger charge is 2.43. The summed E-state index contributed by atoms with van der Waals surface area (Å²) in [7, 11) is 0. The fourth-order valence-electron chi connectivity index (χ4n) is 5.53. The van der Waals surface area contributed by atoms with Crippen LogP contribution in [0.25, 0.3) is 0 Å². The summed E-state index contributed by atoms with van der Waals surface area (Å²) >= 11 is 0. The SMILES string of the molecule is CC(C)(C)OC(=O)N1CCN2C(=O)N(c3ccc(Oc4ccc(C(=O)N5CCOCC5CCC(=O)O)cc4)cc3)CC2C1. The van der Waals surface area contributed by atoms with Crippen molar-refractivity contribution >= 4 is 29.7 Å². The molecule has 0 radical (unpaired) electrons. The Kier molecular flexibility index (Phi) is 8.77. The lowest BCUT2D eigenvalue weighted by atomic mass is 10.1. The molecule has 0 spiro atoms. The van der Waals surface area contributed by atoms with E-state index in [0.29, 0.717) is 69.4 Å². The number of carboxylic acid groups (broad SMARTS) is 1. The van der Waals surface area contributed by atoms with Crippen LogP contribution in [0, 0.1) is 0 Å². The van der Waals surface area contributed by atoms with Crippen LogP contribution in [0.5, 0.6) is 11.5 Å². The summed E-state index contributed by atoms with van der Waals surface area (Å²) in [5.74, 6) is 0.0490. The van der Waals surface area contributed by atoms with Crippen LogP contribution >= 0.6 is 0 Å². The molecular weight excluding hydrogens is 556 g/mol. The molecule has 230 valence electrons. The van der Waals surface area contributed by atoms with Crippen molar-refractivity contribution in [1.82, 2.24) is 14.7 Å². The van der Waals surface area contributed by atoms with Crippen molar-refractivity contribution in [3.63, 3.8) is 0 Å². The lowest BCUT2D eigenvalue weighted by Gasteiger charge is -2.36. The van der Waals surface area contributed by atoms with Crippen molar-refractivity contribution in [2.24, 2.45) is 0 Å². The number of piperazine rings is 1. The Balaban J connectivity index is 1.17. The summed E-state index contributed by atoms with van der Waals surface area (Å²) < 4.78 is 17.0. The second-order valence-electron chi connectivity index (χ2n) is 11.9. The van der Waals surface area contributed by atoms with Crippen LogP contribution in [0.3, 0.4) is 0 Å². The number of anilines is 1. The molecule has 0 aliphatic carbocycles. The number of rotatable bonds is 7. The molecule has 3 heterocycles. The highest BCUT2D eigenvalue weighted by atomic mass is 16.6.